The topological polar surface area (TPSA) is 230 Å². The van der Waals surface area contributed by atoms with E-state index in [1.165, 1.54) is 0 Å². The van der Waals surface area contributed by atoms with Crippen molar-refractivity contribution in [3.05, 3.63) is 236 Å². The van der Waals surface area contributed by atoms with E-state index in [1.54, 1.807) is 0 Å². The molecular formula is C59H64N6O12. The molecule has 2 saturated heterocycles. The highest BCUT2D eigenvalue weighted by Crippen LogP contribution is 2.38. The minimum atomic E-state index is -1.68. The average molecular weight is 1050 g/mol. The van der Waals surface area contributed by atoms with Crippen molar-refractivity contribution in [1.82, 2.24) is 0 Å². The van der Waals surface area contributed by atoms with Crippen LogP contribution < -0.4 is 0 Å². The molecule has 77 heavy (non-hydrogen) atoms. The van der Waals surface area contributed by atoms with Crippen LogP contribution in [0.4, 0.5) is 0 Å². The SMILES string of the molecule is [N-]=[N+]=N[C@H]1C[C@@H](N=[N+]=[N-])[C@H](O[C@H]2OC[C@@H](OCc3ccccc3)[C@H](OCc3ccccc3)[C@H]2OCc2ccccc2)[C@@H](O)[C@@H]1O[C@H]1O[C@H](CO)[C@@H](OCc2ccccc2)[C@H](OCc2ccccc2)[C@H]1OCc1ccccc1. The van der Waals surface area contributed by atoms with Gasteiger partial charge in [-0.05, 0) is 50.9 Å². The van der Waals surface area contributed by atoms with Crippen molar-refractivity contribution in [2.45, 2.75) is 132 Å². The standard InChI is InChI=1S/C59H64N6O12/c60-64-62-46-31-47(63-65-61)52(77-59-57(73-38-45-29-17-6-18-30-45)55(71-36-43-25-13-4-14-26-43)53(48(32-66)75-59)69-34-41-21-9-2-10-22-41)50(67)51(46)76-58-56(72-37-44-27-15-5-16-28-44)54(70-35-42-23-11-3-12-24-42)49(39-74-58)68-33-40-19-7-1-8-20-40/h1-30,46-59,66-67H,31-39H2/t46-,47+,48-,49-,50-,51+,52-,53-,54+,55+,56-,57-,58-,59-/m1/s1. The van der Waals surface area contributed by atoms with Crippen LogP contribution in [0.3, 0.4) is 0 Å². The Morgan fingerprint density at radius 2 is 0.766 bits per heavy atom. The van der Waals surface area contributed by atoms with Gasteiger partial charge in [0.2, 0.25) is 0 Å². The highest BCUT2D eigenvalue weighted by molar-refractivity contribution is 5.18. The van der Waals surface area contributed by atoms with Gasteiger partial charge in [0.1, 0.15) is 48.8 Å². The average Bonchev–Trinajstić information content (AvgIpc) is 3.50. The van der Waals surface area contributed by atoms with E-state index in [0.29, 0.717) is 0 Å². The molecule has 3 aliphatic rings. The maximum absolute atomic E-state index is 12.8. The molecule has 9 rings (SSSR count). The molecule has 402 valence electrons. The smallest absolute Gasteiger partial charge is 0.187 e. The van der Waals surface area contributed by atoms with E-state index in [0.717, 1.165) is 33.4 Å². The number of nitrogens with zero attached hydrogens (tertiary/aromatic N) is 6. The first-order valence-corrected chi connectivity index (χ1v) is 25.9. The highest BCUT2D eigenvalue weighted by atomic mass is 16.7. The fraction of sp³-hybridized carbons (Fsp3) is 0.390. The van der Waals surface area contributed by atoms with Crippen LogP contribution in [-0.4, -0.2) is 109 Å². The Hall–Kier alpha value is -6.54. The van der Waals surface area contributed by atoms with Crippen molar-refractivity contribution in [2.24, 2.45) is 10.2 Å². The van der Waals surface area contributed by atoms with Crippen LogP contribution in [0.1, 0.15) is 39.8 Å². The van der Waals surface area contributed by atoms with Gasteiger partial charge in [-0.3, -0.25) is 0 Å². The van der Waals surface area contributed by atoms with Gasteiger partial charge in [-0.15, -0.1) is 0 Å². The van der Waals surface area contributed by atoms with Gasteiger partial charge in [-0.25, -0.2) is 0 Å². The van der Waals surface area contributed by atoms with E-state index < -0.39 is 92.3 Å². The summed E-state index contributed by atoms with van der Waals surface area (Å²) in [6, 6.07) is 55.5. The molecule has 1 aliphatic carbocycles. The van der Waals surface area contributed by atoms with Gasteiger partial charge in [0.25, 0.3) is 0 Å². The lowest BCUT2D eigenvalue weighted by atomic mass is 9.84. The van der Waals surface area contributed by atoms with Crippen molar-refractivity contribution in [2.75, 3.05) is 13.2 Å². The summed E-state index contributed by atoms with van der Waals surface area (Å²) in [5.41, 5.74) is 25.3. The summed E-state index contributed by atoms with van der Waals surface area (Å²) in [7, 11) is 0. The fourth-order valence-electron chi connectivity index (χ4n) is 9.86. The molecule has 3 fully saturated rings. The van der Waals surface area contributed by atoms with Crippen LogP contribution in [0.2, 0.25) is 0 Å². The van der Waals surface area contributed by atoms with Gasteiger partial charge in [-0.1, -0.05) is 192 Å². The normalized spacial score (nSPS) is 28.2. The lowest BCUT2D eigenvalue weighted by molar-refractivity contribution is -0.351. The van der Waals surface area contributed by atoms with Crippen LogP contribution >= 0.6 is 0 Å². The first-order valence-electron chi connectivity index (χ1n) is 25.9. The van der Waals surface area contributed by atoms with Gasteiger partial charge < -0.3 is 57.6 Å². The molecule has 18 heteroatoms. The van der Waals surface area contributed by atoms with Crippen molar-refractivity contribution in [3.63, 3.8) is 0 Å². The first kappa shape index (κ1) is 55.2. The fourth-order valence-corrected chi connectivity index (χ4v) is 9.86. The Balaban J connectivity index is 1.04. The summed E-state index contributed by atoms with van der Waals surface area (Å²) in [4.78, 5) is 6.27. The van der Waals surface area contributed by atoms with Crippen LogP contribution in [0.15, 0.2) is 192 Å². The summed E-state index contributed by atoms with van der Waals surface area (Å²) >= 11 is 0. The minimum absolute atomic E-state index is 0.00475. The summed E-state index contributed by atoms with van der Waals surface area (Å²) in [6.45, 7) is 0.435. The van der Waals surface area contributed by atoms with E-state index in [4.69, 9.17) is 47.4 Å². The monoisotopic (exact) mass is 1050 g/mol. The summed E-state index contributed by atoms with van der Waals surface area (Å²) in [5, 5.41) is 32.0. The van der Waals surface area contributed by atoms with E-state index in [2.05, 4.69) is 20.1 Å². The molecule has 0 aromatic heterocycles. The van der Waals surface area contributed by atoms with Crippen LogP contribution in [-0.2, 0) is 87.0 Å². The van der Waals surface area contributed by atoms with Crippen molar-refractivity contribution < 1.29 is 57.6 Å². The largest absolute Gasteiger partial charge is 0.394 e. The molecule has 0 amide bonds. The number of ether oxygens (including phenoxy) is 10. The molecule has 0 unspecified atom stereocenters. The van der Waals surface area contributed by atoms with Gasteiger partial charge >= 0.3 is 0 Å². The summed E-state index contributed by atoms with van der Waals surface area (Å²) in [6.07, 6.45) is -13.5. The van der Waals surface area contributed by atoms with E-state index in [9.17, 15) is 21.3 Å². The Bertz CT molecular complexity index is 2750. The third-order valence-corrected chi connectivity index (χ3v) is 13.8. The van der Waals surface area contributed by atoms with Gasteiger partial charge in [0.15, 0.2) is 12.6 Å². The quantitative estimate of drug-likeness (QED) is 0.0310. The number of azide groups is 2. The Kier molecular flexibility index (Phi) is 20.6. The van der Waals surface area contributed by atoms with Crippen LogP contribution in [0.5, 0.6) is 0 Å². The van der Waals surface area contributed by atoms with Crippen molar-refractivity contribution in [1.29, 1.82) is 0 Å². The molecule has 2 aliphatic heterocycles. The molecule has 2 heterocycles. The molecule has 0 bridgehead atoms. The number of aliphatic hydroxyl groups excluding tert-OH is 2. The maximum atomic E-state index is 12.8. The Morgan fingerprint density at radius 1 is 0.429 bits per heavy atom. The second kappa shape index (κ2) is 28.7. The molecule has 6 aromatic carbocycles. The van der Waals surface area contributed by atoms with Crippen LogP contribution in [0.25, 0.3) is 20.9 Å². The number of hydrogen-bond donors (Lipinski definition) is 2. The highest BCUT2D eigenvalue weighted by Gasteiger charge is 2.54. The van der Waals surface area contributed by atoms with Crippen LogP contribution in [0, 0.1) is 0 Å². The third-order valence-electron chi connectivity index (χ3n) is 13.8. The first-order chi connectivity index (χ1) is 38.0. The maximum Gasteiger partial charge on any atom is 0.187 e. The molecule has 1 saturated carbocycles. The van der Waals surface area contributed by atoms with Gasteiger partial charge in [0.05, 0.1) is 77.1 Å². The number of rotatable bonds is 25. The Labute approximate surface area is 447 Å². The van der Waals surface area contributed by atoms with Gasteiger partial charge in [0, 0.05) is 9.82 Å². The summed E-state index contributed by atoms with van der Waals surface area (Å²) in [5.74, 6) is 0. The molecule has 0 spiro atoms. The predicted octanol–water partition coefficient (Wildman–Crippen LogP) is 9.47. The number of aliphatic hydroxyl groups is 2. The van der Waals surface area contributed by atoms with E-state index >= 15 is 0 Å². The zero-order chi connectivity index (χ0) is 53.0. The molecule has 0 radical (unpaired) electrons. The zero-order valence-corrected chi connectivity index (χ0v) is 42.4. The third kappa shape index (κ3) is 15.1. The lowest BCUT2D eigenvalue weighted by Gasteiger charge is -2.49. The number of hydrogen-bond acceptors (Lipinski definition) is 14. The van der Waals surface area contributed by atoms with Gasteiger partial charge in [-0.2, -0.15) is 0 Å². The lowest BCUT2D eigenvalue weighted by Crippen LogP contribution is -2.65. The second-order valence-corrected chi connectivity index (χ2v) is 19.0. The number of benzene rings is 6. The van der Waals surface area contributed by atoms with Crippen molar-refractivity contribution >= 4 is 0 Å². The molecule has 2 N–H and O–H groups in total. The van der Waals surface area contributed by atoms with E-state index in [1.807, 2.05) is 182 Å². The second-order valence-electron chi connectivity index (χ2n) is 19.0. The van der Waals surface area contributed by atoms with E-state index in [-0.39, 0.29) is 52.7 Å². The minimum Gasteiger partial charge on any atom is -0.394 e. The molecule has 6 aromatic rings. The predicted molar refractivity (Wildman–Crippen MR) is 282 cm³/mol. The molecule has 18 nitrogen and oxygen atoms in total. The van der Waals surface area contributed by atoms with Crippen molar-refractivity contribution in [3.8, 4) is 0 Å². The molecule has 14 atom stereocenters. The summed E-state index contributed by atoms with van der Waals surface area (Å²) < 4.78 is 67.1. The Morgan fingerprint density at radius 3 is 1.16 bits per heavy atom. The zero-order valence-electron chi connectivity index (χ0n) is 42.4. The molecular weight excluding hydrogens is 985 g/mol.